The Bertz CT molecular complexity index is 754. The van der Waals surface area contributed by atoms with Crippen LogP contribution < -0.4 is 10.2 Å². The van der Waals surface area contributed by atoms with Crippen LogP contribution in [0.3, 0.4) is 0 Å². The maximum Gasteiger partial charge on any atom is 0.138 e. The topological polar surface area (TPSA) is 85.1 Å². The molecule has 0 spiro atoms. The number of pyridine rings is 1. The van der Waals surface area contributed by atoms with Crippen LogP contribution in [0.4, 0.5) is 5.82 Å². The summed E-state index contributed by atoms with van der Waals surface area (Å²) in [6.45, 7) is 5.37. The summed E-state index contributed by atoms with van der Waals surface area (Å²) in [6.07, 6.45) is 11.0. The molecule has 29 heavy (non-hydrogen) atoms. The summed E-state index contributed by atoms with van der Waals surface area (Å²) in [6, 6.07) is 4.90. The molecule has 1 aliphatic heterocycles. The van der Waals surface area contributed by atoms with E-state index in [1.54, 1.807) is 26.2 Å². The molecule has 2 aliphatic rings. The lowest BCUT2D eigenvalue weighted by atomic mass is 9.92. The first-order valence-corrected chi connectivity index (χ1v) is 10.8. The van der Waals surface area contributed by atoms with Crippen LogP contribution in [0, 0.1) is 17.7 Å². The van der Waals surface area contributed by atoms with Crippen LogP contribution in [0.1, 0.15) is 56.7 Å². The second kappa shape index (κ2) is 10.1. The summed E-state index contributed by atoms with van der Waals surface area (Å²) in [7, 11) is 1.80. The summed E-state index contributed by atoms with van der Waals surface area (Å²) in [5, 5.41) is 19.9. The average Bonchev–Trinajstić information content (AvgIpc) is 2.73. The minimum absolute atomic E-state index is 0.106. The molecule has 1 saturated heterocycles. The molecule has 6 heteroatoms. The molecule has 3 N–H and O–H groups in total. The quantitative estimate of drug-likeness (QED) is 0.610. The lowest BCUT2D eigenvalue weighted by Crippen LogP contribution is -2.56. The summed E-state index contributed by atoms with van der Waals surface area (Å²) >= 11 is 0. The van der Waals surface area contributed by atoms with E-state index in [0.29, 0.717) is 23.5 Å². The van der Waals surface area contributed by atoms with Crippen LogP contribution in [0.15, 0.2) is 24.3 Å². The van der Waals surface area contributed by atoms with Crippen molar-refractivity contribution in [2.75, 3.05) is 25.1 Å². The fourth-order valence-electron chi connectivity index (χ4n) is 4.40. The van der Waals surface area contributed by atoms with Crippen molar-refractivity contribution in [2.24, 2.45) is 0 Å². The molecular weight excluding hydrogens is 362 g/mol. The lowest BCUT2D eigenvalue weighted by Gasteiger charge is -2.41. The normalized spacial score (nSPS) is 23.5. The first-order chi connectivity index (χ1) is 14.0. The van der Waals surface area contributed by atoms with E-state index >= 15 is 0 Å². The molecule has 0 unspecified atom stereocenters. The molecule has 1 saturated carbocycles. The number of aromatic nitrogens is 1. The third-order valence-corrected chi connectivity index (χ3v) is 6.02. The molecule has 158 valence electrons. The number of ether oxygens (including phenoxy) is 1. The van der Waals surface area contributed by atoms with Gasteiger partial charge in [-0.2, -0.15) is 0 Å². The number of hydrogen-bond donors (Lipinski definition) is 3. The number of piperidine rings is 1. The monoisotopic (exact) mass is 397 g/mol. The number of nitrogens with one attached hydrogen (secondary N) is 3. The average molecular weight is 398 g/mol. The van der Waals surface area contributed by atoms with E-state index < -0.39 is 0 Å². The van der Waals surface area contributed by atoms with Gasteiger partial charge in [0, 0.05) is 49.3 Å². The molecule has 3 rings (SSSR count). The maximum absolute atomic E-state index is 8.46. The van der Waals surface area contributed by atoms with E-state index in [0.717, 1.165) is 36.6 Å². The number of methoxy groups -OCH3 is 1. The molecule has 6 nitrogen and oxygen atoms in total. The van der Waals surface area contributed by atoms with Gasteiger partial charge in [-0.3, -0.25) is 0 Å². The minimum Gasteiger partial charge on any atom is -0.378 e. The molecule has 0 bridgehead atoms. The Hall–Kier alpha value is -2.05. The van der Waals surface area contributed by atoms with E-state index in [9.17, 15) is 0 Å². The summed E-state index contributed by atoms with van der Waals surface area (Å²) in [4.78, 5) is 7.04. The second-order valence-electron chi connectivity index (χ2n) is 8.37. The van der Waals surface area contributed by atoms with Crippen LogP contribution >= 0.6 is 0 Å². The number of rotatable bonds is 7. The van der Waals surface area contributed by atoms with E-state index in [1.165, 1.54) is 32.1 Å². The Kier molecular flexibility index (Phi) is 7.56. The predicted octanol–water partition coefficient (Wildman–Crippen LogP) is 3.87. The zero-order chi connectivity index (χ0) is 20.8. The fraction of sp³-hybridized carbons (Fsp3) is 0.609. The summed E-state index contributed by atoms with van der Waals surface area (Å²) in [5.74, 6) is 0.848. The third-order valence-electron chi connectivity index (χ3n) is 6.02. The van der Waals surface area contributed by atoms with Gasteiger partial charge in [-0.05, 0) is 57.4 Å². The van der Waals surface area contributed by atoms with E-state index in [4.69, 9.17) is 20.5 Å². The minimum atomic E-state index is 0.106. The number of aryl methyl sites for hydroxylation is 1. The molecule has 1 aromatic heterocycles. The van der Waals surface area contributed by atoms with Crippen molar-refractivity contribution < 1.29 is 4.74 Å². The van der Waals surface area contributed by atoms with Crippen molar-refractivity contribution in [3.8, 4) is 0 Å². The van der Waals surface area contributed by atoms with Gasteiger partial charge in [0.1, 0.15) is 5.82 Å². The summed E-state index contributed by atoms with van der Waals surface area (Å²) in [5.41, 5.74) is 2.57. The first kappa shape index (κ1) is 21.7. The Morgan fingerprint density at radius 2 is 1.93 bits per heavy atom. The highest BCUT2D eigenvalue weighted by molar-refractivity contribution is 6.12. The van der Waals surface area contributed by atoms with E-state index in [2.05, 4.69) is 10.2 Å². The molecule has 1 aliphatic carbocycles. The van der Waals surface area contributed by atoms with Crippen molar-refractivity contribution in [1.82, 2.24) is 10.3 Å². The first-order valence-electron chi connectivity index (χ1n) is 10.8. The zero-order valence-corrected chi connectivity index (χ0v) is 18.0. The SMILES string of the molecule is CO[C@H]1CN(c2nc(C)ccc2C(=N)C=CC(C)=N)CC[C@H]1NC1CCCCC1. The second-order valence-corrected chi connectivity index (χ2v) is 8.37. The van der Waals surface area contributed by atoms with Gasteiger partial charge in [0.05, 0.1) is 11.8 Å². The van der Waals surface area contributed by atoms with Crippen molar-refractivity contribution in [3.05, 3.63) is 35.5 Å². The molecule has 1 aromatic rings. The van der Waals surface area contributed by atoms with Crippen LogP contribution in [0.25, 0.3) is 0 Å². The van der Waals surface area contributed by atoms with Crippen molar-refractivity contribution in [2.45, 2.75) is 70.6 Å². The smallest absolute Gasteiger partial charge is 0.138 e. The van der Waals surface area contributed by atoms with Gasteiger partial charge in [0.25, 0.3) is 0 Å². The molecule has 0 amide bonds. The number of anilines is 1. The molecule has 0 radical (unpaired) electrons. The van der Waals surface area contributed by atoms with Gasteiger partial charge >= 0.3 is 0 Å². The molecule has 2 heterocycles. The van der Waals surface area contributed by atoms with E-state index in [-0.39, 0.29) is 6.10 Å². The Morgan fingerprint density at radius 3 is 2.62 bits per heavy atom. The van der Waals surface area contributed by atoms with Gasteiger partial charge in [-0.1, -0.05) is 19.3 Å². The van der Waals surface area contributed by atoms with Gasteiger partial charge in [0.2, 0.25) is 0 Å². The number of allylic oxidation sites excluding steroid dienone is 2. The van der Waals surface area contributed by atoms with Crippen molar-refractivity contribution >= 4 is 17.2 Å². The number of hydrogen-bond acceptors (Lipinski definition) is 6. The Balaban J connectivity index is 1.74. The van der Waals surface area contributed by atoms with Gasteiger partial charge < -0.3 is 25.8 Å². The summed E-state index contributed by atoms with van der Waals surface area (Å²) < 4.78 is 5.88. The van der Waals surface area contributed by atoms with Crippen LogP contribution in [-0.4, -0.2) is 54.8 Å². The standard InChI is InChI=1S/C23H35N5O/c1-16(24)9-12-20(25)19-11-10-17(2)26-23(19)28-14-13-21(22(15-28)29-3)27-18-7-5-4-6-8-18/h9-12,18,21-22,24-25,27H,4-8,13-15H2,1-3H3/t21-,22+/m1/s1. The van der Waals surface area contributed by atoms with Gasteiger partial charge in [-0.25, -0.2) is 4.98 Å². The highest BCUT2D eigenvalue weighted by atomic mass is 16.5. The largest absolute Gasteiger partial charge is 0.378 e. The lowest BCUT2D eigenvalue weighted by molar-refractivity contribution is 0.0533. The molecular formula is C23H35N5O. The Labute approximate surface area is 174 Å². The van der Waals surface area contributed by atoms with Crippen LogP contribution in [0.2, 0.25) is 0 Å². The highest BCUT2D eigenvalue weighted by Crippen LogP contribution is 2.26. The van der Waals surface area contributed by atoms with Crippen LogP contribution in [0.5, 0.6) is 0 Å². The zero-order valence-electron chi connectivity index (χ0n) is 18.0. The predicted molar refractivity (Wildman–Crippen MR) is 120 cm³/mol. The van der Waals surface area contributed by atoms with Crippen molar-refractivity contribution in [3.63, 3.8) is 0 Å². The van der Waals surface area contributed by atoms with E-state index in [1.807, 2.05) is 19.1 Å². The molecule has 0 aromatic carbocycles. The van der Waals surface area contributed by atoms with Crippen molar-refractivity contribution in [1.29, 1.82) is 10.8 Å². The van der Waals surface area contributed by atoms with Gasteiger partial charge in [0.15, 0.2) is 0 Å². The molecule has 2 atom stereocenters. The van der Waals surface area contributed by atoms with Gasteiger partial charge in [-0.15, -0.1) is 0 Å². The maximum atomic E-state index is 8.46. The van der Waals surface area contributed by atoms with Crippen LogP contribution in [-0.2, 0) is 4.74 Å². The third kappa shape index (κ3) is 5.73. The fourth-order valence-corrected chi connectivity index (χ4v) is 4.40. The highest BCUT2D eigenvalue weighted by Gasteiger charge is 2.32. The molecule has 2 fully saturated rings. The number of nitrogens with zero attached hydrogens (tertiary/aromatic N) is 2. The Morgan fingerprint density at radius 1 is 1.17 bits per heavy atom.